The standard InChI is InChI=1S/C7H5NO3/c1-2-9-7-6-5(4(1)8-7)10-3-11-6/h1-2,8H,3H2. The Morgan fingerprint density at radius 2 is 2.18 bits per heavy atom. The molecule has 2 bridgehead atoms. The molecule has 1 aromatic heterocycles. The van der Waals surface area contributed by atoms with Crippen molar-refractivity contribution in [1.82, 2.24) is 4.98 Å². The van der Waals surface area contributed by atoms with E-state index in [1.54, 1.807) is 12.3 Å². The Morgan fingerprint density at radius 1 is 1.27 bits per heavy atom. The molecule has 0 saturated carbocycles. The van der Waals surface area contributed by atoms with Gasteiger partial charge in [0.15, 0.2) is 5.75 Å². The predicted octanol–water partition coefficient (Wildman–Crippen LogP) is 1.11. The van der Waals surface area contributed by atoms with E-state index in [9.17, 15) is 0 Å². The minimum Gasteiger partial charge on any atom is -0.451 e. The first-order valence-corrected chi connectivity index (χ1v) is 3.30. The fourth-order valence-corrected chi connectivity index (χ4v) is 1.25. The number of fused-ring (bicyclic) bond motifs is 5. The molecule has 0 amide bonds. The fraction of sp³-hybridized carbons (Fsp3) is 0.143. The third kappa shape index (κ3) is 0.497. The zero-order valence-corrected chi connectivity index (χ0v) is 5.59. The Hall–Kier alpha value is -1.58. The summed E-state index contributed by atoms with van der Waals surface area (Å²) in [4.78, 5) is 2.99. The monoisotopic (exact) mass is 151 g/mol. The van der Waals surface area contributed by atoms with Gasteiger partial charge in [-0.25, -0.2) is 0 Å². The van der Waals surface area contributed by atoms with E-state index in [1.807, 2.05) is 0 Å². The summed E-state index contributed by atoms with van der Waals surface area (Å²) in [6, 6.07) is 0. The lowest BCUT2D eigenvalue weighted by Crippen LogP contribution is -1.98. The molecule has 2 aliphatic rings. The van der Waals surface area contributed by atoms with Gasteiger partial charge in [0.2, 0.25) is 18.4 Å². The van der Waals surface area contributed by atoms with Gasteiger partial charge in [-0.2, -0.15) is 0 Å². The molecule has 3 heterocycles. The van der Waals surface area contributed by atoms with Crippen LogP contribution in [-0.2, 0) is 0 Å². The van der Waals surface area contributed by atoms with Crippen molar-refractivity contribution in [1.29, 1.82) is 0 Å². The van der Waals surface area contributed by atoms with Crippen LogP contribution >= 0.6 is 0 Å². The number of hydrogen-bond donors (Lipinski definition) is 1. The molecule has 56 valence electrons. The van der Waals surface area contributed by atoms with Gasteiger partial charge in [-0.05, 0) is 0 Å². The van der Waals surface area contributed by atoms with E-state index >= 15 is 0 Å². The van der Waals surface area contributed by atoms with Gasteiger partial charge in [0.05, 0.1) is 12.0 Å². The van der Waals surface area contributed by atoms with Gasteiger partial charge in [0.1, 0.15) is 0 Å². The van der Waals surface area contributed by atoms with Crippen LogP contribution in [0.2, 0.25) is 0 Å². The van der Waals surface area contributed by atoms with Crippen molar-refractivity contribution in [2.45, 2.75) is 0 Å². The zero-order chi connectivity index (χ0) is 7.26. The van der Waals surface area contributed by atoms with E-state index < -0.39 is 0 Å². The third-order valence-corrected chi connectivity index (χ3v) is 1.73. The first-order valence-electron chi connectivity index (χ1n) is 3.30. The number of aromatic amines is 1. The van der Waals surface area contributed by atoms with Gasteiger partial charge in [-0.3, -0.25) is 0 Å². The summed E-state index contributed by atoms with van der Waals surface area (Å²) in [6.45, 7) is 0.288. The first kappa shape index (κ1) is 5.12. The minimum atomic E-state index is 0.288. The smallest absolute Gasteiger partial charge is 0.244 e. The van der Waals surface area contributed by atoms with Crippen LogP contribution in [0.4, 0.5) is 0 Å². The lowest BCUT2D eigenvalue weighted by molar-refractivity contribution is 0.168. The van der Waals surface area contributed by atoms with Gasteiger partial charge in [-0.1, -0.05) is 0 Å². The number of rotatable bonds is 0. The highest BCUT2D eigenvalue weighted by atomic mass is 16.7. The number of ether oxygens (including phenoxy) is 3. The summed E-state index contributed by atoms with van der Waals surface area (Å²) in [5.41, 5.74) is 0.916. The van der Waals surface area contributed by atoms with Gasteiger partial charge >= 0.3 is 0 Å². The second kappa shape index (κ2) is 1.53. The maximum Gasteiger partial charge on any atom is 0.244 e. The molecule has 0 spiro atoms. The second-order valence-corrected chi connectivity index (χ2v) is 2.35. The van der Waals surface area contributed by atoms with Crippen LogP contribution in [0.25, 0.3) is 6.08 Å². The van der Waals surface area contributed by atoms with E-state index in [0.29, 0.717) is 11.6 Å². The highest BCUT2D eigenvalue weighted by molar-refractivity contribution is 5.67. The molecule has 4 heteroatoms. The van der Waals surface area contributed by atoms with Crippen LogP contribution in [0.15, 0.2) is 6.26 Å². The van der Waals surface area contributed by atoms with Gasteiger partial charge in [0, 0.05) is 6.08 Å². The molecule has 0 aliphatic carbocycles. The third-order valence-electron chi connectivity index (χ3n) is 1.73. The van der Waals surface area contributed by atoms with Crippen molar-refractivity contribution in [3.8, 4) is 17.4 Å². The summed E-state index contributed by atoms with van der Waals surface area (Å²) in [5.74, 6) is 2.08. The second-order valence-electron chi connectivity index (χ2n) is 2.35. The Morgan fingerprint density at radius 3 is 3.18 bits per heavy atom. The van der Waals surface area contributed by atoms with Gasteiger partial charge in [0.25, 0.3) is 0 Å². The zero-order valence-electron chi connectivity index (χ0n) is 5.59. The van der Waals surface area contributed by atoms with E-state index in [1.165, 1.54) is 0 Å². The van der Waals surface area contributed by atoms with E-state index in [0.717, 1.165) is 11.4 Å². The van der Waals surface area contributed by atoms with Crippen molar-refractivity contribution in [2.75, 3.05) is 6.79 Å². The van der Waals surface area contributed by atoms with Crippen LogP contribution in [0, 0.1) is 0 Å². The number of H-pyrrole nitrogens is 1. The molecule has 2 aliphatic heterocycles. The summed E-state index contributed by atoms with van der Waals surface area (Å²) < 4.78 is 15.5. The van der Waals surface area contributed by atoms with Crippen LogP contribution in [0.3, 0.4) is 0 Å². The molecule has 0 aromatic carbocycles. The molecule has 0 radical (unpaired) electrons. The molecule has 0 unspecified atom stereocenters. The van der Waals surface area contributed by atoms with E-state index in [-0.39, 0.29) is 6.79 Å². The molecule has 4 nitrogen and oxygen atoms in total. The largest absolute Gasteiger partial charge is 0.451 e. The molecule has 1 aromatic rings. The van der Waals surface area contributed by atoms with Crippen LogP contribution in [0.5, 0.6) is 17.4 Å². The Balaban J connectivity index is 2.32. The highest BCUT2D eigenvalue weighted by Crippen LogP contribution is 2.46. The van der Waals surface area contributed by atoms with Crippen molar-refractivity contribution in [3.05, 3.63) is 12.0 Å². The predicted molar refractivity (Wildman–Crippen MR) is 36.6 cm³/mol. The minimum absolute atomic E-state index is 0.288. The Labute approximate surface area is 62.4 Å². The lowest BCUT2D eigenvalue weighted by Gasteiger charge is -2.02. The maximum atomic E-state index is 5.20. The van der Waals surface area contributed by atoms with E-state index in [4.69, 9.17) is 14.2 Å². The van der Waals surface area contributed by atoms with E-state index in [2.05, 4.69) is 4.98 Å². The molecular formula is C7H5NO3. The molecule has 0 atom stereocenters. The molecule has 11 heavy (non-hydrogen) atoms. The molecule has 0 fully saturated rings. The first-order chi connectivity index (χ1) is 5.45. The fourth-order valence-electron chi connectivity index (χ4n) is 1.25. The highest BCUT2D eigenvalue weighted by Gasteiger charge is 2.27. The summed E-state index contributed by atoms with van der Waals surface area (Å²) in [6.07, 6.45) is 3.41. The van der Waals surface area contributed by atoms with Crippen LogP contribution < -0.4 is 14.2 Å². The normalized spacial score (nSPS) is 16.7. The van der Waals surface area contributed by atoms with Crippen molar-refractivity contribution in [2.24, 2.45) is 0 Å². The quantitative estimate of drug-likeness (QED) is 0.603. The Bertz CT molecular complexity index is 340. The molecule has 0 saturated heterocycles. The van der Waals surface area contributed by atoms with Crippen LogP contribution in [0.1, 0.15) is 5.69 Å². The number of aromatic nitrogens is 1. The van der Waals surface area contributed by atoms with Crippen molar-refractivity contribution >= 4 is 6.08 Å². The number of hydrogen-bond acceptors (Lipinski definition) is 3. The van der Waals surface area contributed by atoms with Gasteiger partial charge in [-0.15, -0.1) is 0 Å². The van der Waals surface area contributed by atoms with Gasteiger partial charge < -0.3 is 19.2 Å². The Kier molecular flexibility index (Phi) is 0.711. The topological polar surface area (TPSA) is 43.5 Å². The molecule has 1 N–H and O–H groups in total. The average Bonchev–Trinajstić information content (AvgIpc) is 2.58. The van der Waals surface area contributed by atoms with Crippen molar-refractivity contribution < 1.29 is 14.2 Å². The summed E-state index contributed by atoms with van der Waals surface area (Å²) in [5, 5.41) is 0. The maximum absolute atomic E-state index is 5.20. The molecule has 3 rings (SSSR count). The lowest BCUT2D eigenvalue weighted by atomic mass is 10.4. The van der Waals surface area contributed by atoms with Crippen molar-refractivity contribution in [3.63, 3.8) is 0 Å². The summed E-state index contributed by atoms with van der Waals surface area (Å²) >= 11 is 0. The summed E-state index contributed by atoms with van der Waals surface area (Å²) in [7, 11) is 0. The van der Waals surface area contributed by atoms with Crippen LogP contribution in [-0.4, -0.2) is 11.8 Å². The SMILES string of the molecule is C1=Cc2[nH]c(c3c2OCO3)O1. The molecular weight excluding hydrogens is 146 g/mol. The number of nitrogens with one attached hydrogen (secondary N) is 1. The average molecular weight is 151 g/mol.